The predicted molar refractivity (Wildman–Crippen MR) is 127 cm³/mol. The second kappa shape index (κ2) is 10.9. The van der Waals surface area contributed by atoms with Crippen molar-refractivity contribution >= 4 is 16.9 Å². The van der Waals surface area contributed by atoms with Crippen molar-refractivity contribution in [3.63, 3.8) is 0 Å². The average molecular weight is 465 g/mol. The second-order valence-corrected chi connectivity index (χ2v) is 8.24. The summed E-state index contributed by atoms with van der Waals surface area (Å²) in [4.78, 5) is 32.7. The lowest BCUT2D eigenvalue weighted by Gasteiger charge is -2.09. The number of carbonyl (C=O) groups excluding carboxylic acids is 1. The zero-order valence-corrected chi connectivity index (χ0v) is 18.7. The lowest BCUT2D eigenvalue weighted by Crippen LogP contribution is -2.33. The zero-order chi connectivity index (χ0) is 23.9. The third-order valence-corrected chi connectivity index (χ3v) is 5.80. The van der Waals surface area contributed by atoms with Crippen molar-refractivity contribution in [2.45, 2.75) is 38.6 Å². The van der Waals surface area contributed by atoms with E-state index in [1.165, 1.54) is 28.5 Å². The standard InChI is InChI=1S/C26H26F2N4O2/c27-22-11-10-18(15-23(22)28)17-32-14-6-9-21(26(32)34)25(33)30-12-4-2-1-3-7-19-16-31-24-20(19)8-5-13-29-24/h5-6,8-11,13-16H,1-4,7,12,17H2,(H,29,31)(H,30,33). The van der Waals surface area contributed by atoms with Gasteiger partial charge in [0, 0.05) is 30.5 Å². The first kappa shape index (κ1) is 23.4. The number of unbranched alkanes of at least 4 members (excludes halogenated alkanes) is 3. The van der Waals surface area contributed by atoms with E-state index in [1.54, 1.807) is 12.3 Å². The van der Waals surface area contributed by atoms with Gasteiger partial charge in [0.25, 0.3) is 11.5 Å². The van der Waals surface area contributed by atoms with Gasteiger partial charge in [-0.25, -0.2) is 13.8 Å². The average Bonchev–Trinajstić information content (AvgIpc) is 3.25. The molecule has 8 heteroatoms. The first-order valence-electron chi connectivity index (χ1n) is 11.4. The van der Waals surface area contributed by atoms with E-state index in [2.05, 4.69) is 21.4 Å². The summed E-state index contributed by atoms with van der Waals surface area (Å²) in [5.41, 5.74) is 2.16. The first-order chi connectivity index (χ1) is 16.5. The van der Waals surface area contributed by atoms with Crippen LogP contribution < -0.4 is 10.9 Å². The van der Waals surface area contributed by atoms with Gasteiger partial charge in [-0.2, -0.15) is 0 Å². The van der Waals surface area contributed by atoms with Crippen molar-refractivity contribution in [2.24, 2.45) is 0 Å². The highest BCUT2D eigenvalue weighted by Gasteiger charge is 2.12. The largest absolute Gasteiger partial charge is 0.352 e. The Labute approximate surface area is 195 Å². The van der Waals surface area contributed by atoms with Crippen LogP contribution in [0.5, 0.6) is 0 Å². The fourth-order valence-corrected chi connectivity index (χ4v) is 3.98. The van der Waals surface area contributed by atoms with Crippen LogP contribution in [0, 0.1) is 11.6 Å². The number of aromatic nitrogens is 3. The van der Waals surface area contributed by atoms with Crippen LogP contribution in [0.25, 0.3) is 11.0 Å². The van der Waals surface area contributed by atoms with Crippen molar-refractivity contribution in [3.05, 3.63) is 99.7 Å². The molecule has 1 amide bonds. The van der Waals surface area contributed by atoms with Crippen LogP contribution in [0.15, 0.2) is 65.8 Å². The Kier molecular flexibility index (Phi) is 7.47. The molecule has 0 aliphatic carbocycles. The smallest absolute Gasteiger partial charge is 0.263 e. The predicted octanol–water partition coefficient (Wildman–Crippen LogP) is 4.58. The topological polar surface area (TPSA) is 79.8 Å². The Bertz CT molecular complexity index is 1350. The van der Waals surface area contributed by atoms with Crippen molar-refractivity contribution in [3.8, 4) is 0 Å². The summed E-state index contributed by atoms with van der Waals surface area (Å²) in [6.07, 6.45) is 10.1. The molecule has 0 spiro atoms. The molecule has 0 aliphatic heterocycles. The Morgan fingerprint density at radius 1 is 1.03 bits per heavy atom. The maximum absolute atomic E-state index is 13.4. The Hall–Kier alpha value is -3.81. The van der Waals surface area contributed by atoms with E-state index in [9.17, 15) is 18.4 Å². The highest BCUT2D eigenvalue weighted by Crippen LogP contribution is 2.18. The normalized spacial score (nSPS) is 11.1. The molecule has 3 aromatic heterocycles. The molecule has 0 unspecified atom stereocenters. The molecule has 6 nitrogen and oxygen atoms in total. The van der Waals surface area contributed by atoms with Gasteiger partial charge in [-0.05, 0) is 66.8 Å². The minimum absolute atomic E-state index is 0.0260. The van der Waals surface area contributed by atoms with E-state index in [-0.39, 0.29) is 12.1 Å². The molecule has 3 heterocycles. The number of H-pyrrole nitrogens is 1. The quantitative estimate of drug-likeness (QED) is 0.337. The molecule has 0 saturated carbocycles. The Balaban J connectivity index is 1.22. The van der Waals surface area contributed by atoms with Gasteiger partial charge >= 0.3 is 0 Å². The molecule has 176 valence electrons. The highest BCUT2D eigenvalue weighted by atomic mass is 19.2. The van der Waals surface area contributed by atoms with Crippen molar-refractivity contribution in [2.75, 3.05) is 6.54 Å². The number of nitrogens with zero attached hydrogens (tertiary/aromatic N) is 2. The first-order valence-corrected chi connectivity index (χ1v) is 11.4. The molecule has 0 fully saturated rings. The van der Waals surface area contributed by atoms with Gasteiger partial charge in [0.05, 0.1) is 6.54 Å². The summed E-state index contributed by atoms with van der Waals surface area (Å²) in [6.45, 7) is 0.525. The fourth-order valence-electron chi connectivity index (χ4n) is 3.98. The minimum Gasteiger partial charge on any atom is -0.352 e. The van der Waals surface area contributed by atoms with Crippen molar-refractivity contribution in [1.82, 2.24) is 19.9 Å². The van der Waals surface area contributed by atoms with Crippen molar-refractivity contribution in [1.29, 1.82) is 0 Å². The second-order valence-electron chi connectivity index (χ2n) is 8.24. The van der Waals surface area contributed by atoms with E-state index in [0.29, 0.717) is 12.1 Å². The van der Waals surface area contributed by atoms with Gasteiger partial charge in [-0.3, -0.25) is 9.59 Å². The number of hydrogen-bond donors (Lipinski definition) is 2. The minimum atomic E-state index is -0.974. The summed E-state index contributed by atoms with van der Waals surface area (Å²) < 4.78 is 27.9. The van der Waals surface area contributed by atoms with Gasteiger partial charge in [0.2, 0.25) is 0 Å². The van der Waals surface area contributed by atoms with Gasteiger partial charge in [0.15, 0.2) is 11.6 Å². The van der Waals surface area contributed by atoms with E-state index in [1.807, 2.05) is 12.3 Å². The molecule has 0 bridgehead atoms. The lowest BCUT2D eigenvalue weighted by atomic mass is 10.1. The lowest BCUT2D eigenvalue weighted by molar-refractivity contribution is 0.0951. The third-order valence-electron chi connectivity index (χ3n) is 5.80. The monoisotopic (exact) mass is 464 g/mol. The zero-order valence-electron chi connectivity index (χ0n) is 18.7. The molecule has 1 aromatic carbocycles. The van der Waals surface area contributed by atoms with Gasteiger partial charge < -0.3 is 14.9 Å². The SMILES string of the molecule is O=C(NCCCCCCc1c[nH]c2ncccc12)c1cccn(Cc2ccc(F)c(F)c2)c1=O. The number of pyridine rings is 2. The molecule has 2 N–H and O–H groups in total. The third kappa shape index (κ3) is 5.57. The molecule has 0 saturated heterocycles. The molecular weight excluding hydrogens is 438 g/mol. The van der Waals surface area contributed by atoms with E-state index >= 15 is 0 Å². The highest BCUT2D eigenvalue weighted by molar-refractivity contribution is 5.93. The van der Waals surface area contributed by atoms with Crippen LogP contribution in [0.2, 0.25) is 0 Å². The van der Waals surface area contributed by atoms with E-state index in [4.69, 9.17) is 0 Å². The molecule has 4 rings (SSSR count). The van der Waals surface area contributed by atoms with Crippen LogP contribution in [0.1, 0.15) is 47.2 Å². The van der Waals surface area contributed by atoms with Gasteiger partial charge in [-0.1, -0.05) is 18.9 Å². The number of benzene rings is 1. The van der Waals surface area contributed by atoms with Crippen molar-refractivity contribution < 1.29 is 13.6 Å². The van der Waals surface area contributed by atoms with E-state index in [0.717, 1.165) is 55.3 Å². The number of halogens is 2. The number of hydrogen-bond acceptors (Lipinski definition) is 3. The number of rotatable bonds is 10. The Morgan fingerprint density at radius 3 is 2.74 bits per heavy atom. The number of carbonyl (C=O) groups is 1. The maximum atomic E-state index is 13.4. The summed E-state index contributed by atoms with van der Waals surface area (Å²) in [5.74, 6) is -2.35. The molecule has 0 aliphatic rings. The molecule has 0 atom stereocenters. The van der Waals surface area contributed by atoms with Crippen LogP contribution in [0.3, 0.4) is 0 Å². The van der Waals surface area contributed by atoms with Crippen LogP contribution in [0.4, 0.5) is 8.78 Å². The number of nitrogens with one attached hydrogen (secondary N) is 2. The fraction of sp³-hybridized carbons (Fsp3) is 0.269. The number of aryl methyl sites for hydroxylation is 1. The van der Waals surface area contributed by atoms with E-state index < -0.39 is 23.1 Å². The summed E-state index contributed by atoms with van der Waals surface area (Å²) in [5, 5.41) is 3.96. The number of aromatic amines is 1. The summed E-state index contributed by atoms with van der Waals surface area (Å²) >= 11 is 0. The molecule has 0 radical (unpaired) electrons. The molecule has 4 aromatic rings. The molecule has 34 heavy (non-hydrogen) atoms. The van der Waals surface area contributed by atoms with Crippen LogP contribution in [-0.2, 0) is 13.0 Å². The van der Waals surface area contributed by atoms with Crippen LogP contribution >= 0.6 is 0 Å². The van der Waals surface area contributed by atoms with Gasteiger partial charge in [0.1, 0.15) is 11.2 Å². The number of amides is 1. The Morgan fingerprint density at radius 2 is 1.88 bits per heavy atom. The maximum Gasteiger partial charge on any atom is 0.263 e. The summed E-state index contributed by atoms with van der Waals surface area (Å²) in [7, 11) is 0. The number of fused-ring (bicyclic) bond motifs is 1. The molecular formula is C26H26F2N4O2. The van der Waals surface area contributed by atoms with Gasteiger partial charge in [-0.15, -0.1) is 0 Å². The summed E-state index contributed by atoms with van der Waals surface area (Å²) in [6, 6.07) is 10.5. The van der Waals surface area contributed by atoms with Crippen LogP contribution in [-0.4, -0.2) is 27.0 Å².